The quantitative estimate of drug-likeness (QED) is 0.577. The van der Waals surface area contributed by atoms with Gasteiger partial charge in [0.15, 0.2) is 0 Å². The van der Waals surface area contributed by atoms with Crippen molar-refractivity contribution in [2.24, 2.45) is 0 Å². The number of allylic oxidation sites excluding steroid dienone is 5. The third kappa shape index (κ3) is 4.85. The molecule has 0 amide bonds. The lowest BCUT2D eigenvalue weighted by molar-refractivity contribution is -0.0188. The molecule has 0 bridgehead atoms. The number of pyridine rings is 1. The molecule has 3 aliphatic rings. The molecule has 2 aliphatic heterocycles. The lowest BCUT2D eigenvalue weighted by atomic mass is 9.84. The first kappa shape index (κ1) is 23.6. The second-order valence-corrected chi connectivity index (χ2v) is 9.52. The topological polar surface area (TPSA) is 54.8 Å². The van der Waals surface area contributed by atoms with Gasteiger partial charge in [0.1, 0.15) is 11.9 Å². The zero-order valence-corrected chi connectivity index (χ0v) is 20.5. The Morgan fingerprint density at radius 1 is 1.29 bits per heavy atom. The van der Waals surface area contributed by atoms with Crippen molar-refractivity contribution in [3.63, 3.8) is 0 Å². The highest BCUT2D eigenvalue weighted by Crippen LogP contribution is 2.38. The Bertz CT molecular complexity index is 1230. The number of piperidine rings is 1. The number of halogens is 1. The summed E-state index contributed by atoms with van der Waals surface area (Å²) < 4.78 is 11.8. The Labute approximate surface area is 211 Å². The molecule has 1 saturated heterocycles. The third-order valence-corrected chi connectivity index (χ3v) is 7.21. The van der Waals surface area contributed by atoms with Gasteiger partial charge in [-0.3, -0.25) is 0 Å². The number of nitrogens with zero attached hydrogens (tertiary/aromatic N) is 2. The van der Waals surface area contributed by atoms with Crippen molar-refractivity contribution in [3.8, 4) is 5.88 Å². The average Bonchev–Trinajstić information content (AvgIpc) is 3.04. The van der Waals surface area contributed by atoms with E-state index in [-0.39, 0.29) is 6.10 Å². The molecule has 1 N–H and O–H groups in total. The highest BCUT2D eigenvalue weighted by Gasteiger charge is 2.34. The smallest absolute Gasteiger partial charge is 0.227 e. The molecule has 5 rings (SSSR count). The van der Waals surface area contributed by atoms with E-state index < -0.39 is 5.60 Å². The molecule has 1 atom stereocenters. The van der Waals surface area contributed by atoms with E-state index in [9.17, 15) is 5.11 Å². The fourth-order valence-corrected chi connectivity index (χ4v) is 4.97. The molecule has 0 spiro atoms. The SMILES string of the molecule is C=C(CC=C1C=C2C(=CC=CC2OC)Oc2ncccc21)N1CCC(O)(c2ccc(Cl)cc2)CC1. The van der Waals surface area contributed by atoms with Crippen LogP contribution in [0.1, 0.15) is 30.4 Å². The molecular formula is C29H29ClN2O3. The molecule has 1 aromatic carbocycles. The second-order valence-electron chi connectivity index (χ2n) is 9.09. The Kier molecular flexibility index (Phi) is 6.65. The Morgan fingerprint density at radius 2 is 2.06 bits per heavy atom. The minimum atomic E-state index is -0.833. The van der Waals surface area contributed by atoms with Gasteiger partial charge < -0.3 is 19.5 Å². The molecule has 35 heavy (non-hydrogen) atoms. The molecule has 1 aromatic heterocycles. The number of fused-ring (bicyclic) bond motifs is 2. The van der Waals surface area contributed by atoms with Crippen LogP contribution in [0.5, 0.6) is 5.88 Å². The predicted octanol–water partition coefficient (Wildman–Crippen LogP) is 5.79. The molecule has 1 unspecified atom stereocenters. The lowest BCUT2D eigenvalue weighted by Gasteiger charge is -2.40. The first-order chi connectivity index (χ1) is 17.0. The van der Waals surface area contributed by atoms with Crippen LogP contribution >= 0.6 is 11.6 Å². The van der Waals surface area contributed by atoms with Crippen molar-refractivity contribution in [1.82, 2.24) is 9.88 Å². The normalized spacial score (nSPS) is 21.9. The molecule has 6 heteroatoms. The Hall–Kier alpha value is -3.12. The van der Waals surface area contributed by atoms with E-state index in [0.717, 1.165) is 46.8 Å². The molecule has 0 radical (unpaired) electrons. The maximum absolute atomic E-state index is 11.2. The summed E-state index contributed by atoms with van der Waals surface area (Å²) in [7, 11) is 1.70. The Morgan fingerprint density at radius 3 is 2.80 bits per heavy atom. The van der Waals surface area contributed by atoms with Crippen LogP contribution in [0.25, 0.3) is 5.57 Å². The van der Waals surface area contributed by atoms with Crippen molar-refractivity contribution in [2.75, 3.05) is 20.2 Å². The first-order valence-electron chi connectivity index (χ1n) is 11.8. The lowest BCUT2D eigenvalue weighted by Crippen LogP contribution is -2.41. The molecule has 2 aromatic rings. The number of methoxy groups -OCH3 is 1. The van der Waals surface area contributed by atoms with Gasteiger partial charge in [-0.15, -0.1) is 0 Å². The van der Waals surface area contributed by atoms with Crippen molar-refractivity contribution >= 4 is 17.2 Å². The maximum atomic E-state index is 11.2. The van der Waals surface area contributed by atoms with Crippen molar-refractivity contribution in [3.05, 3.63) is 113 Å². The summed E-state index contributed by atoms with van der Waals surface area (Å²) in [6.07, 6.45) is 13.7. The van der Waals surface area contributed by atoms with Gasteiger partial charge in [-0.1, -0.05) is 48.5 Å². The summed E-state index contributed by atoms with van der Waals surface area (Å²) in [5.41, 5.74) is 4.04. The number of aliphatic hydroxyl groups is 1. The number of benzene rings is 1. The molecule has 3 heterocycles. The molecule has 5 nitrogen and oxygen atoms in total. The van der Waals surface area contributed by atoms with Crippen LogP contribution in [-0.4, -0.2) is 41.3 Å². The number of aromatic nitrogens is 1. The summed E-state index contributed by atoms with van der Waals surface area (Å²) in [6, 6.07) is 11.4. The summed E-state index contributed by atoms with van der Waals surface area (Å²) in [6.45, 7) is 5.84. The van der Waals surface area contributed by atoms with E-state index in [2.05, 4.69) is 28.6 Å². The minimum Gasteiger partial charge on any atom is -0.438 e. The van der Waals surface area contributed by atoms with E-state index in [0.29, 0.717) is 30.2 Å². The van der Waals surface area contributed by atoms with E-state index in [4.69, 9.17) is 21.1 Å². The fraction of sp³-hybridized carbons (Fsp3) is 0.276. The van der Waals surface area contributed by atoms with Crippen LogP contribution in [0.4, 0.5) is 0 Å². The number of hydrogen-bond donors (Lipinski definition) is 1. The van der Waals surface area contributed by atoms with Gasteiger partial charge in [-0.25, -0.2) is 4.98 Å². The van der Waals surface area contributed by atoms with E-state index >= 15 is 0 Å². The zero-order chi connectivity index (χ0) is 24.4. The average molecular weight is 489 g/mol. The standard InChI is InChI=1S/C29H29ClN2O3/c1-20(32-17-14-29(33,15-18-32)22-10-12-23(30)13-11-22)8-9-21-19-25-26(34-2)6-3-7-27(25)35-28-24(21)5-4-16-31-28/h3-7,9-13,16,19,26,33H,1,8,14-15,17-18H2,2H3. The highest BCUT2D eigenvalue weighted by atomic mass is 35.5. The van der Waals surface area contributed by atoms with Crippen LogP contribution < -0.4 is 4.74 Å². The van der Waals surface area contributed by atoms with Crippen molar-refractivity contribution < 1.29 is 14.6 Å². The molecule has 1 fully saturated rings. The highest BCUT2D eigenvalue weighted by molar-refractivity contribution is 6.30. The van der Waals surface area contributed by atoms with Gasteiger partial charge >= 0.3 is 0 Å². The van der Waals surface area contributed by atoms with E-state index in [1.807, 2.05) is 54.6 Å². The minimum absolute atomic E-state index is 0.177. The third-order valence-electron chi connectivity index (χ3n) is 6.96. The molecule has 1 aliphatic carbocycles. The summed E-state index contributed by atoms with van der Waals surface area (Å²) >= 11 is 6.02. The van der Waals surface area contributed by atoms with Crippen LogP contribution in [-0.2, 0) is 10.3 Å². The van der Waals surface area contributed by atoms with Gasteiger partial charge in [0.05, 0.1) is 5.60 Å². The van der Waals surface area contributed by atoms with E-state index in [1.165, 1.54) is 0 Å². The fourth-order valence-electron chi connectivity index (χ4n) is 4.84. The molecule has 180 valence electrons. The molecule has 0 saturated carbocycles. The van der Waals surface area contributed by atoms with Crippen LogP contribution in [0.3, 0.4) is 0 Å². The summed E-state index contributed by atoms with van der Waals surface area (Å²) in [5, 5.41) is 11.9. The first-order valence-corrected chi connectivity index (χ1v) is 12.2. The molecular weight excluding hydrogens is 460 g/mol. The van der Waals surface area contributed by atoms with Gasteiger partial charge in [0, 0.05) is 54.7 Å². The summed E-state index contributed by atoms with van der Waals surface area (Å²) in [4.78, 5) is 6.73. The number of rotatable bonds is 5. The maximum Gasteiger partial charge on any atom is 0.227 e. The van der Waals surface area contributed by atoms with Crippen molar-refractivity contribution in [1.29, 1.82) is 0 Å². The van der Waals surface area contributed by atoms with Crippen molar-refractivity contribution in [2.45, 2.75) is 31.0 Å². The van der Waals surface area contributed by atoms with Crippen LogP contribution in [0, 0.1) is 0 Å². The number of ether oxygens (including phenoxy) is 2. The number of likely N-dealkylation sites (tertiary alicyclic amines) is 1. The summed E-state index contributed by atoms with van der Waals surface area (Å²) in [5.74, 6) is 1.33. The monoisotopic (exact) mass is 488 g/mol. The zero-order valence-electron chi connectivity index (χ0n) is 19.8. The van der Waals surface area contributed by atoms with Crippen LogP contribution in [0.15, 0.2) is 96.6 Å². The van der Waals surface area contributed by atoms with Gasteiger partial charge in [-0.2, -0.15) is 0 Å². The van der Waals surface area contributed by atoms with Gasteiger partial charge in [0.2, 0.25) is 5.88 Å². The Balaban J connectivity index is 1.33. The van der Waals surface area contributed by atoms with Crippen LogP contribution in [0.2, 0.25) is 5.02 Å². The van der Waals surface area contributed by atoms with E-state index in [1.54, 1.807) is 13.3 Å². The second kappa shape index (κ2) is 9.86. The van der Waals surface area contributed by atoms with Gasteiger partial charge in [0.25, 0.3) is 0 Å². The predicted molar refractivity (Wildman–Crippen MR) is 139 cm³/mol. The van der Waals surface area contributed by atoms with Gasteiger partial charge in [-0.05, 0) is 60.4 Å². The number of hydrogen-bond acceptors (Lipinski definition) is 5. The largest absolute Gasteiger partial charge is 0.438 e.